The molecule has 0 radical (unpaired) electrons. The van der Waals surface area contributed by atoms with E-state index in [9.17, 15) is 9.59 Å². The molecule has 4 aromatic rings. The number of nitrogens with zero attached hydrogens (tertiary/aromatic N) is 3. The average Bonchev–Trinajstić information content (AvgIpc) is 3.41. The Morgan fingerprint density at radius 2 is 2.00 bits per heavy atom. The molecule has 0 fully saturated rings. The molecule has 1 N–H and O–H groups in total. The maximum Gasteiger partial charge on any atom is 0.414 e. The predicted octanol–water partition coefficient (Wildman–Crippen LogP) is 5.31. The van der Waals surface area contributed by atoms with Crippen LogP contribution >= 0.6 is 11.6 Å². The maximum absolute atomic E-state index is 13.9. The zero-order valence-electron chi connectivity index (χ0n) is 21.5. The molecule has 0 spiro atoms. The third kappa shape index (κ3) is 5.49. The summed E-state index contributed by atoms with van der Waals surface area (Å²) in [7, 11) is 3.54. The monoisotopic (exact) mass is 526 g/mol. The summed E-state index contributed by atoms with van der Waals surface area (Å²) in [5.74, 6) is 0.530. The third-order valence-corrected chi connectivity index (χ3v) is 6.32. The third-order valence-electron chi connectivity index (χ3n) is 6.09. The van der Waals surface area contributed by atoms with Crippen LogP contribution in [0.1, 0.15) is 42.2 Å². The molecular formula is C27H31ClN4O5. The lowest BCUT2D eigenvalue weighted by Crippen LogP contribution is -2.34. The van der Waals surface area contributed by atoms with Crippen molar-refractivity contribution < 1.29 is 23.5 Å². The summed E-state index contributed by atoms with van der Waals surface area (Å²) in [5.41, 5.74) is 2.77. The van der Waals surface area contributed by atoms with Gasteiger partial charge in [0.15, 0.2) is 5.76 Å². The summed E-state index contributed by atoms with van der Waals surface area (Å²) in [6, 6.07) is 10.4. The lowest BCUT2D eigenvalue weighted by molar-refractivity contribution is 0.101. The van der Waals surface area contributed by atoms with Gasteiger partial charge in [-0.05, 0) is 56.3 Å². The standard InChI is InChI=1S/C27H31ClN4O5/c1-5-29-16-23-30-20-14-17(8-10-21(20)31(23)3)25(33)26-24(19-15-18(28)9-11-22(19)37-26)32(12-7-13-35-4)27(34)36-6-2/h8-11,14-15,29H,5-7,12-13,16H2,1-4H3. The average molecular weight is 527 g/mol. The topological polar surface area (TPSA) is 98.8 Å². The number of carbonyl (C=O) groups excluding carboxylic acids is 2. The van der Waals surface area contributed by atoms with E-state index in [2.05, 4.69) is 5.32 Å². The van der Waals surface area contributed by atoms with Gasteiger partial charge in [0.25, 0.3) is 0 Å². The number of nitrogens with one attached hydrogen (secondary N) is 1. The highest BCUT2D eigenvalue weighted by molar-refractivity contribution is 6.31. The first-order valence-electron chi connectivity index (χ1n) is 12.3. The molecule has 9 nitrogen and oxygen atoms in total. The minimum absolute atomic E-state index is 0.0332. The predicted molar refractivity (Wildman–Crippen MR) is 144 cm³/mol. The molecule has 2 aromatic heterocycles. The highest BCUT2D eigenvalue weighted by Crippen LogP contribution is 2.38. The molecule has 0 saturated carbocycles. The fourth-order valence-electron chi connectivity index (χ4n) is 4.26. The summed E-state index contributed by atoms with van der Waals surface area (Å²) < 4.78 is 18.6. The molecule has 0 aliphatic carbocycles. The summed E-state index contributed by atoms with van der Waals surface area (Å²) >= 11 is 6.29. The molecular weight excluding hydrogens is 496 g/mol. The van der Waals surface area contributed by atoms with Crippen LogP contribution in [0.15, 0.2) is 40.8 Å². The number of ether oxygens (including phenoxy) is 2. The molecule has 0 unspecified atom stereocenters. The fraction of sp³-hybridized carbons (Fsp3) is 0.370. The van der Waals surface area contributed by atoms with Crippen LogP contribution in [0.25, 0.3) is 22.0 Å². The first kappa shape index (κ1) is 26.7. The molecule has 37 heavy (non-hydrogen) atoms. The minimum atomic E-state index is -0.580. The number of benzene rings is 2. The Labute approximate surface area is 220 Å². The SMILES string of the molecule is CCNCc1nc2cc(C(=O)c3oc4ccc(Cl)cc4c3N(CCCOC)C(=O)OCC)ccc2n1C. The van der Waals surface area contributed by atoms with Gasteiger partial charge in [-0.3, -0.25) is 9.69 Å². The molecule has 2 heterocycles. The Balaban J connectivity index is 1.82. The fourth-order valence-corrected chi connectivity index (χ4v) is 4.43. The van der Waals surface area contributed by atoms with Crippen molar-refractivity contribution in [1.82, 2.24) is 14.9 Å². The van der Waals surface area contributed by atoms with Crippen LogP contribution in [0.2, 0.25) is 5.02 Å². The van der Waals surface area contributed by atoms with E-state index >= 15 is 0 Å². The summed E-state index contributed by atoms with van der Waals surface area (Å²) in [6.07, 6.45) is -0.0476. The van der Waals surface area contributed by atoms with Gasteiger partial charge in [-0.2, -0.15) is 0 Å². The largest absolute Gasteiger partial charge is 0.450 e. The molecule has 0 aliphatic rings. The molecule has 10 heteroatoms. The maximum atomic E-state index is 13.9. The number of carbonyl (C=O) groups is 2. The molecule has 2 aromatic carbocycles. The van der Waals surface area contributed by atoms with Crippen LogP contribution in [0.5, 0.6) is 0 Å². The van der Waals surface area contributed by atoms with E-state index in [0.29, 0.717) is 52.3 Å². The zero-order valence-corrected chi connectivity index (χ0v) is 22.2. The van der Waals surface area contributed by atoms with Gasteiger partial charge in [0.1, 0.15) is 17.1 Å². The number of furan rings is 1. The van der Waals surface area contributed by atoms with Crippen molar-refractivity contribution in [2.45, 2.75) is 26.8 Å². The number of methoxy groups -OCH3 is 1. The number of fused-ring (bicyclic) bond motifs is 2. The second kappa shape index (κ2) is 11.8. The van der Waals surface area contributed by atoms with E-state index in [-0.39, 0.29) is 24.7 Å². The number of halogens is 1. The van der Waals surface area contributed by atoms with E-state index < -0.39 is 6.09 Å². The number of anilines is 1. The Bertz CT molecular complexity index is 1430. The van der Waals surface area contributed by atoms with Crippen molar-refractivity contribution >= 4 is 51.2 Å². The second-order valence-electron chi connectivity index (χ2n) is 8.52. The van der Waals surface area contributed by atoms with Crippen molar-refractivity contribution in [3.63, 3.8) is 0 Å². The number of imidazole rings is 1. The smallest absolute Gasteiger partial charge is 0.414 e. The van der Waals surface area contributed by atoms with Crippen LogP contribution in [0.4, 0.5) is 10.5 Å². The molecule has 4 rings (SSSR count). The molecule has 1 amide bonds. The number of hydrogen-bond donors (Lipinski definition) is 1. The molecule has 196 valence electrons. The first-order chi connectivity index (χ1) is 17.9. The van der Waals surface area contributed by atoms with Crippen molar-refractivity contribution in [3.05, 3.63) is 58.6 Å². The zero-order chi connectivity index (χ0) is 26.5. The van der Waals surface area contributed by atoms with Gasteiger partial charge >= 0.3 is 6.09 Å². The van der Waals surface area contributed by atoms with Gasteiger partial charge in [0, 0.05) is 43.3 Å². The van der Waals surface area contributed by atoms with Crippen LogP contribution in [-0.4, -0.2) is 54.8 Å². The summed E-state index contributed by atoms with van der Waals surface area (Å²) in [4.78, 5) is 33.0. The molecule has 0 atom stereocenters. The van der Waals surface area contributed by atoms with Gasteiger partial charge in [-0.15, -0.1) is 0 Å². The van der Waals surface area contributed by atoms with Crippen molar-refractivity contribution in [2.24, 2.45) is 7.05 Å². The number of amides is 1. The quantitative estimate of drug-likeness (QED) is 0.209. The molecule has 0 aliphatic heterocycles. The van der Waals surface area contributed by atoms with E-state index in [4.69, 9.17) is 30.5 Å². The van der Waals surface area contributed by atoms with E-state index in [1.165, 1.54) is 4.90 Å². The van der Waals surface area contributed by atoms with Gasteiger partial charge in [-0.1, -0.05) is 18.5 Å². The second-order valence-corrected chi connectivity index (χ2v) is 8.95. The van der Waals surface area contributed by atoms with Gasteiger partial charge in [0.05, 0.1) is 24.2 Å². The lowest BCUT2D eigenvalue weighted by atomic mass is 10.1. The minimum Gasteiger partial charge on any atom is -0.450 e. The van der Waals surface area contributed by atoms with Gasteiger partial charge < -0.3 is 23.8 Å². The van der Waals surface area contributed by atoms with E-state index in [0.717, 1.165) is 17.9 Å². The normalized spacial score (nSPS) is 11.4. The first-order valence-corrected chi connectivity index (χ1v) is 12.6. The van der Waals surface area contributed by atoms with E-state index in [1.807, 2.05) is 24.6 Å². The van der Waals surface area contributed by atoms with Gasteiger partial charge in [-0.25, -0.2) is 9.78 Å². The van der Waals surface area contributed by atoms with Crippen LogP contribution in [0, 0.1) is 0 Å². The molecule has 0 saturated heterocycles. The Morgan fingerprint density at radius 1 is 1.19 bits per heavy atom. The molecule has 0 bridgehead atoms. The van der Waals surface area contributed by atoms with Crippen molar-refractivity contribution in [1.29, 1.82) is 0 Å². The lowest BCUT2D eigenvalue weighted by Gasteiger charge is -2.22. The van der Waals surface area contributed by atoms with Crippen LogP contribution in [0.3, 0.4) is 0 Å². The summed E-state index contributed by atoms with van der Waals surface area (Å²) in [6.45, 7) is 6.09. The number of rotatable bonds is 11. The van der Waals surface area contributed by atoms with Gasteiger partial charge in [0.2, 0.25) is 5.78 Å². The van der Waals surface area contributed by atoms with Crippen molar-refractivity contribution in [3.8, 4) is 0 Å². The summed E-state index contributed by atoms with van der Waals surface area (Å²) in [5, 5.41) is 4.28. The number of aromatic nitrogens is 2. The van der Waals surface area contributed by atoms with E-state index in [1.54, 1.807) is 44.4 Å². The number of ketones is 1. The Hall–Kier alpha value is -3.40. The number of hydrogen-bond acceptors (Lipinski definition) is 7. The highest BCUT2D eigenvalue weighted by Gasteiger charge is 2.30. The Kier molecular flexibility index (Phi) is 8.48. The highest BCUT2D eigenvalue weighted by atomic mass is 35.5. The number of aryl methyl sites for hydroxylation is 1. The van der Waals surface area contributed by atoms with Crippen molar-refractivity contribution in [2.75, 3.05) is 38.3 Å². The van der Waals surface area contributed by atoms with Crippen LogP contribution < -0.4 is 10.2 Å². The Morgan fingerprint density at radius 3 is 2.73 bits per heavy atom. The van der Waals surface area contributed by atoms with Crippen LogP contribution in [-0.2, 0) is 23.1 Å².